The van der Waals surface area contributed by atoms with E-state index in [0.29, 0.717) is 26.3 Å². The van der Waals surface area contributed by atoms with Crippen LogP contribution in [0.3, 0.4) is 0 Å². The minimum Gasteiger partial charge on any atom is -0.378 e. The van der Waals surface area contributed by atoms with Crippen molar-refractivity contribution < 1.29 is 17.9 Å². The van der Waals surface area contributed by atoms with Crippen LogP contribution in [0.4, 0.5) is 0 Å². The van der Waals surface area contributed by atoms with E-state index < -0.39 is 9.05 Å². The molecule has 0 spiro atoms. The second-order valence-corrected chi connectivity index (χ2v) is 6.93. The number of halogens is 2. The summed E-state index contributed by atoms with van der Waals surface area (Å²) < 4.78 is 27.8. The summed E-state index contributed by atoms with van der Waals surface area (Å²) in [5.74, 6) is -0.262. The van der Waals surface area contributed by atoms with Crippen molar-refractivity contribution >= 4 is 37.2 Å². The molecule has 5 nitrogen and oxygen atoms in total. The molecule has 1 heterocycles. The highest BCUT2D eigenvalue weighted by molar-refractivity contribution is 8.13. The Labute approximate surface area is 120 Å². The number of nitrogens with zero attached hydrogens (tertiary/aromatic N) is 1. The van der Waals surface area contributed by atoms with Gasteiger partial charge in [0.05, 0.1) is 18.2 Å². The molecule has 1 aliphatic heterocycles. The predicted molar refractivity (Wildman–Crippen MR) is 71.2 cm³/mol. The third-order valence-electron chi connectivity index (χ3n) is 2.74. The number of rotatable bonds is 2. The summed E-state index contributed by atoms with van der Waals surface area (Å²) in [5, 5.41) is -0.00599. The van der Waals surface area contributed by atoms with E-state index in [1.54, 1.807) is 4.90 Å². The molecule has 1 aromatic rings. The van der Waals surface area contributed by atoms with Crippen LogP contribution in [0.15, 0.2) is 23.1 Å². The van der Waals surface area contributed by atoms with Gasteiger partial charge < -0.3 is 9.64 Å². The summed E-state index contributed by atoms with van der Waals surface area (Å²) in [4.78, 5) is 13.5. The van der Waals surface area contributed by atoms with Crippen molar-refractivity contribution in [1.29, 1.82) is 0 Å². The molecule has 0 saturated carbocycles. The van der Waals surface area contributed by atoms with Gasteiger partial charge in [0.15, 0.2) is 0 Å². The minimum absolute atomic E-state index is 0.00599. The number of ether oxygens (including phenoxy) is 1. The third kappa shape index (κ3) is 3.39. The topological polar surface area (TPSA) is 63.7 Å². The van der Waals surface area contributed by atoms with Crippen LogP contribution in [0.2, 0.25) is 5.02 Å². The van der Waals surface area contributed by atoms with E-state index in [4.69, 9.17) is 27.0 Å². The second kappa shape index (κ2) is 5.66. The van der Waals surface area contributed by atoms with E-state index in [9.17, 15) is 13.2 Å². The number of carbonyl (C=O) groups excluding carboxylic acids is 1. The monoisotopic (exact) mass is 323 g/mol. The van der Waals surface area contributed by atoms with Crippen molar-refractivity contribution in [1.82, 2.24) is 4.90 Å². The molecule has 0 aromatic heterocycles. The van der Waals surface area contributed by atoms with Crippen LogP contribution in [0.5, 0.6) is 0 Å². The molecule has 0 N–H and O–H groups in total. The quantitative estimate of drug-likeness (QED) is 0.778. The number of benzene rings is 1. The van der Waals surface area contributed by atoms with Gasteiger partial charge in [-0.15, -0.1) is 0 Å². The van der Waals surface area contributed by atoms with Gasteiger partial charge in [-0.1, -0.05) is 11.6 Å². The van der Waals surface area contributed by atoms with Gasteiger partial charge in [0.2, 0.25) is 0 Å². The van der Waals surface area contributed by atoms with Crippen LogP contribution >= 0.6 is 22.3 Å². The zero-order valence-electron chi connectivity index (χ0n) is 9.80. The maximum atomic E-state index is 12.2. The Kier molecular flexibility index (Phi) is 4.35. The predicted octanol–water partition coefficient (Wildman–Crippen LogP) is 1.74. The van der Waals surface area contributed by atoms with Crippen molar-refractivity contribution in [3.05, 3.63) is 28.8 Å². The maximum Gasteiger partial charge on any atom is 0.262 e. The van der Waals surface area contributed by atoms with Crippen molar-refractivity contribution in [3.63, 3.8) is 0 Å². The molecule has 1 amide bonds. The molecular formula is C11H11Cl2NO4S. The summed E-state index contributed by atoms with van der Waals surface area (Å²) in [6, 6.07) is 4.03. The Hall–Kier alpha value is -0.820. The fraction of sp³-hybridized carbons (Fsp3) is 0.364. The first-order valence-electron chi connectivity index (χ1n) is 5.51. The number of hydrogen-bond donors (Lipinski definition) is 0. The van der Waals surface area contributed by atoms with Crippen LogP contribution in [-0.4, -0.2) is 45.5 Å². The average molecular weight is 324 g/mol. The van der Waals surface area contributed by atoms with E-state index >= 15 is 0 Å². The van der Waals surface area contributed by atoms with Crippen molar-refractivity contribution in [2.24, 2.45) is 0 Å². The summed E-state index contributed by atoms with van der Waals surface area (Å²) in [7, 11) is 1.29. The molecule has 1 fully saturated rings. The zero-order chi connectivity index (χ0) is 14.0. The van der Waals surface area contributed by atoms with E-state index in [2.05, 4.69) is 0 Å². The molecule has 19 heavy (non-hydrogen) atoms. The highest BCUT2D eigenvalue weighted by atomic mass is 35.7. The molecule has 2 rings (SSSR count). The van der Waals surface area contributed by atoms with E-state index in [-0.39, 0.29) is 21.4 Å². The largest absolute Gasteiger partial charge is 0.378 e. The van der Waals surface area contributed by atoms with Crippen LogP contribution in [0, 0.1) is 0 Å². The molecular weight excluding hydrogens is 313 g/mol. The van der Waals surface area contributed by atoms with Crippen LogP contribution in [0.25, 0.3) is 0 Å². The van der Waals surface area contributed by atoms with Gasteiger partial charge in [-0.05, 0) is 18.2 Å². The SMILES string of the molecule is O=C(c1ccc(Cl)c(S(=O)(=O)Cl)c1)N1CCOCC1. The molecule has 0 unspecified atom stereocenters. The minimum atomic E-state index is -3.98. The summed E-state index contributed by atoms with van der Waals surface area (Å²) in [6.45, 7) is 1.90. The molecule has 1 saturated heterocycles. The molecule has 0 bridgehead atoms. The Morgan fingerprint density at radius 3 is 2.47 bits per heavy atom. The summed E-state index contributed by atoms with van der Waals surface area (Å²) >= 11 is 5.76. The Morgan fingerprint density at radius 2 is 1.89 bits per heavy atom. The number of carbonyl (C=O) groups is 1. The van der Waals surface area contributed by atoms with Crippen molar-refractivity contribution in [2.45, 2.75) is 4.90 Å². The van der Waals surface area contributed by atoms with E-state index in [0.717, 1.165) is 0 Å². The lowest BCUT2D eigenvalue weighted by Crippen LogP contribution is -2.40. The molecule has 1 aromatic carbocycles. The van der Waals surface area contributed by atoms with Gasteiger partial charge in [0, 0.05) is 29.3 Å². The van der Waals surface area contributed by atoms with E-state index in [1.165, 1.54) is 18.2 Å². The highest BCUT2D eigenvalue weighted by Crippen LogP contribution is 2.26. The van der Waals surface area contributed by atoms with Crippen molar-refractivity contribution in [3.8, 4) is 0 Å². The molecule has 8 heteroatoms. The van der Waals surface area contributed by atoms with Gasteiger partial charge in [-0.3, -0.25) is 4.79 Å². The first-order valence-corrected chi connectivity index (χ1v) is 8.19. The second-order valence-electron chi connectivity index (χ2n) is 3.99. The summed E-state index contributed by atoms with van der Waals surface area (Å²) in [6.07, 6.45) is 0. The van der Waals surface area contributed by atoms with Gasteiger partial charge in [0.1, 0.15) is 4.90 Å². The number of morpholine rings is 1. The Bertz CT molecular complexity index is 597. The first kappa shape index (κ1) is 14.6. The molecule has 0 aliphatic carbocycles. The van der Waals surface area contributed by atoms with Gasteiger partial charge in [-0.25, -0.2) is 8.42 Å². The van der Waals surface area contributed by atoms with Gasteiger partial charge in [0.25, 0.3) is 15.0 Å². The fourth-order valence-corrected chi connectivity index (χ4v) is 3.26. The lowest BCUT2D eigenvalue weighted by molar-refractivity contribution is 0.0302. The lowest BCUT2D eigenvalue weighted by atomic mass is 10.2. The van der Waals surface area contributed by atoms with Gasteiger partial charge in [-0.2, -0.15) is 0 Å². The normalized spacial score (nSPS) is 16.4. The van der Waals surface area contributed by atoms with Crippen LogP contribution in [0.1, 0.15) is 10.4 Å². The Morgan fingerprint density at radius 1 is 1.26 bits per heavy atom. The molecule has 0 radical (unpaired) electrons. The Balaban J connectivity index is 2.33. The number of amides is 1. The standard InChI is InChI=1S/C11H11Cl2NO4S/c12-9-2-1-8(7-10(9)19(13,16)17)11(15)14-3-5-18-6-4-14/h1-2,7H,3-6H2. The fourth-order valence-electron chi connectivity index (χ4n) is 1.77. The third-order valence-corrected chi connectivity index (χ3v) is 4.54. The lowest BCUT2D eigenvalue weighted by Gasteiger charge is -2.27. The zero-order valence-corrected chi connectivity index (χ0v) is 12.1. The van der Waals surface area contributed by atoms with Crippen LogP contribution in [-0.2, 0) is 13.8 Å². The van der Waals surface area contributed by atoms with Crippen LogP contribution < -0.4 is 0 Å². The summed E-state index contributed by atoms with van der Waals surface area (Å²) in [5.41, 5.74) is 0.241. The smallest absolute Gasteiger partial charge is 0.262 e. The molecule has 1 aliphatic rings. The average Bonchev–Trinajstić information content (AvgIpc) is 2.38. The molecule has 0 atom stereocenters. The van der Waals surface area contributed by atoms with Gasteiger partial charge >= 0.3 is 0 Å². The van der Waals surface area contributed by atoms with Crippen molar-refractivity contribution in [2.75, 3.05) is 26.3 Å². The highest BCUT2D eigenvalue weighted by Gasteiger charge is 2.22. The van der Waals surface area contributed by atoms with E-state index in [1.807, 2.05) is 0 Å². The number of hydrogen-bond acceptors (Lipinski definition) is 4. The molecule has 104 valence electrons. The first-order chi connectivity index (χ1) is 8.89. The maximum absolute atomic E-state index is 12.2.